The highest BCUT2D eigenvalue weighted by molar-refractivity contribution is 5.91. The maximum absolute atomic E-state index is 9.50. The molecule has 22 heavy (non-hydrogen) atoms. The molecule has 0 aliphatic rings. The van der Waals surface area contributed by atoms with E-state index in [0.29, 0.717) is 12.2 Å². The molecule has 0 saturated carbocycles. The largest absolute Gasteiger partial charge is 0.508 e. The Hall–Kier alpha value is -2.78. The molecule has 0 radical (unpaired) electrons. The normalized spacial score (nSPS) is 10.6. The Balaban J connectivity index is 2.26. The van der Waals surface area contributed by atoms with Crippen LogP contribution in [0.15, 0.2) is 66.7 Å². The fourth-order valence-electron chi connectivity index (χ4n) is 2.64. The van der Waals surface area contributed by atoms with E-state index >= 15 is 0 Å². The summed E-state index contributed by atoms with van der Waals surface area (Å²) in [6.07, 6.45) is 0. The van der Waals surface area contributed by atoms with Gasteiger partial charge < -0.3 is 16.6 Å². The molecule has 3 nitrogen and oxygen atoms in total. The number of benzene rings is 3. The minimum Gasteiger partial charge on any atom is -0.508 e. The zero-order chi connectivity index (χ0) is 15.5. The first-order valence-electron chi connectivity index (χ1n) is 7.16. The first kappa shape index (κ1) is 14.2. The van der Waals surface area contributed by atoms with E-state index in [1.54, 1.807) is 12.1 Å². The summed E-state index contributed by atoms with van der Waals surface area (Å²) >= 11 is 0. The summed E-state index contributed by atoms with van der Waals surface area (Å²) in [6.45, 7) is 0.435. The number of hydrogen-bond donors (Lipinski definition) is 3. The Labute approximate surface area is 129 Å². The predicted molar refractivity (Wildman–Crippen MR) is 91.3 cm³/mol. The average Bonchev–Trinajstić information content (AvgIpc) is 2.55. The predicted octanol–water partition coefficient (Wildman–Crippen LogP) is 3.77. The van der Waals surface area contributed by atoms with Crippen molar-refractivity contribution in [3.8, 4) is 28.0 Å². The van der Waals surface area contributed by atoms with Crippen LogP contribution in [0.2, 0.25) is 0 Å². The van der Waals surface area contributed by atoms with Gasteiger partial charge in [-0.05, 0) is 46.5 Å². The van der Waals surface area contributed by atoms with E-state index in [9.17, 15) is 5.11 Å². The van der Waals surface area contributed by atoms with Gasteiger partial charge in [-0.25, -0.2) is 0 Å². The van der Waals surface area contributed by atoms with E-state index in [0.717, 1.165) is 27.8 Å². The van der Waals surface area contributed by atoms with Crippen molar-refractivity contribution in [2.24, 2.45) is 5.73 Å². The molecule has 0 bridgehead atoms. The second-order valence-corrected chi connectivity index (χ2v) is 5.22. The van der Waals surface area contributed by atoms with Crippen LogP contribution in [0.25, 0.3) is 22.3 Å². The highest BCUT2D eigenvalue weighted by Gasteiger charge is 2.12. The van der Waals surface area contributed by atoms with Crippen LogP contribution < -0.4 is 11.5 Å². The molecular weight excluding hydrogens is 272 g/mol. The van der Waals surface area contributed by atoms with Crippen LogP contribution in [0.4, 0.5) is 5.69 Å². The lowest BCUT2D eigenvalue weighted by atomic mass is 9.91. The van der Waals surface area contributed by atoms with Gasteiger partial charge >= 0.3 is 0 Å². The highest BCUT2D eigenvalue weighted by Crippen LogP contribution is 2.38. The SMILES string of the molecule is NCc1cc(N)c(-c2ccccc2)c(-c2ccc(O)cc2)c1. The van der Waals surface area contributed by atoms with Gasteiger partial charge in [-0.2, -0.15) is 0 Å². The first-order chi connectivity index (χ1) is 10.7. The van der Waals surface area contributed by atoms with Crippen molar-refractivity contribution in [1.29, 1.82) is 0 Å². The maximum Gasteiger partial charge on any atom is 0.115 e. The van der Waals surface area contributed by atoms with Gasteiger partial charge in [0.2, 0.25) is 0 Å². The average molecular weight is 290 g/mol. The lowest BCUT2D eigenvalue weighted by molar-refractivity contribution is 0.475. The van der Waals surface area contributed by atoms with Gasteiger partial charge in [-0.3, -0.25) is 0 Å². The minimum absolute atomic E-state index is 0.243. The maximum atomic E-state index is 9.50. The molecule has 0 aliphatic heterocycles. The van der Waals surface area contributed by atoms with Crippen molar-refractivity contribution in [2.45, 2.75) is 6.54 Å². The molecule has 0 aromatic heterocycles. The smallest absolute Gasteiger partial charge is 0.115 e. The Morgan fingerprint density at radius 2 is 1.50 bits per heavy atom. The standard InChI is InChI=1S/C19H18N2O/c20-12-13-10-17(14-6-8-16(22)9-7-14)19(18(21)11-13)15-4-2-1-3-5-15/h1-11,22H,12,20-21H2. The monoisotopic (exact) mass is 290 g/mol. The molecule has 3 heteroatoms. The summed E-state index contributed by atoms with van der Waals surface area (Å²) in [5, 5.41) is 9.50. The second-order valence-electron chi connectivity index (χ2n) is 5.22. The Kier molecular flexibility index (Phi) is 3.81. The number of anilines is 1. The molecule has 5 N–H and O–H groups in total. The van der Waals surface area contributed by atoms with Gasteiger partial charge in [-0.15, -0.1) is 0 Å². The molecular formula is C19H18N2O. The van der Waals surface area contributed by atoms with Crippen LogP contribution in [0.5, 0.6) is 5.75 Å². The second kappa shape index (κ2) is 5.92. The first-order valence-corrected chi connectivity index (χ1v) is 7.16. The van der Waals surface area contributed by atoms with Crippen molar-refractivity contribution >= 4 is 5.69 Å². The molecule has 0 amide bonds. The number of hydrogen-bond acceptors (Lipinski definition) is 3. The number of nitrogens with two attached hydrogens (primary N) is 2. The van der Waals surface area contributed by atoms with Crippen LogP contribution in [0, 0.1) is 0 Å². The summed E-state index contributed by atoms with van der Waals surface area (Å²) in [4.78, 5) is 0. The fourth-order valence-corrected chi connectivity index (χ4v) is 2.64. The van der Waals surface area contributed by atoms with Gasteiger partial charge in [0.1, 0.15) is 5.75 Å². The van der Waals surface area contributed by atoms with E-state index in [2.05, 4.69) is 6.07 Å². The van der Waals surface area contributed by atoms with Gasteiger partial charge in [0.15, 0.2) is 0 Å². The van der Waals surface area contributed by atoms with Gasteiger partial charge in [0.05, 0.1) is 0 Å². The number of phenolic OH excluding ortho intramolecular Hbond substituents is 1. The Morgan fingerprint density at radius 3 is 2.14 bits per heavy atom. The summed E-state index contributed by atoms with van der Waals surface area (Å²) in [7, 11) is 0. The molecule has 3 rings (SSSR count). The number of phenols is 1. The number of nitrogen functional groups attached to an aromatic ring is 1. The van der Waals surface area contributed by atoms with Crippen LogP contribution >= 0.6 is 0 Å². The van der Waals surface area contributed by atoms with Crippen molar-refractivity contribution in [3.63, 3.8) is 0 Å². The summed E-state index contributed by atoms with van der Waals surface area (Å²) in [5.74, 6) is 0.243. The van der Waals surface area contributed by atoms with E-state index in [-0.39, 0.29) is 5.75 Å². The minimum atomic E-state index is 0.243. The summed E-state index contributed by atoms with van der Waals surface area (Å²) in [5.41, 5.74) is 17.8. The molecule has 0 atom stereocenters. The fraction of sp³-hybridized carbons (Fsp3) is 0.0526. The lowest BCUT2D eigenvalue weighted by Crippen LogP contribution is -2.01. The van der Waals surface area contributed by atoms with E-state index in [1.807, 2.05) is 48.5 Å². The molecule has 3 aromatic rings. The molecule has 0 unspecified atom stereocenters. The molecule has 3 aromatic carbocycles. The molecule has 0 saturated heterocycles. The third-order valence-electron chi connectivity index (χ3n) is 3.71. The quantitative estimate of drug-likeness (QED) is 0.643. The Morgan fingerprint density at radius 1 is 0.818 bits per heavy atom. The van der Waals surface area contributed by atoms with Crippen molar-refractivity contribution < 1.29 is 5.11 Å². The number of aromatic hydroxyl groups is 1. The van der Waals surface area contributed by atoms with Crippen molar-refractivity contribution in [1.82, 2.24) is 0 Å². The van der Waals surface area contributed by atoms with Crippen LogP contribution in [0.3, 0.4) is 0 Å². The van der Waals surface area contributed by atoms with Crippen LogP contribution in [-0.2, 0) is 6.54 Å². The van der Waals surface area contributed by atoms with E-state index < -0.39 is 0 Å². The van der Waals surface area contributed by atoms with Crippen molar-refractivity contribution in [2.75, 3.05) is 5.73 Å². The molecule has 0 aliphatic carbocycles. The van der Waals surface area contributed by atoms with Gasteiger partial charge in [-0.1, -0.05) is 42.5 Å². The third-order valence-corrected chi connectivity index (χ3v) is 3.71. The molecule has 110 valence electrons. The molecule has 0 heterocycles. The topological polar surface area (TPSA) is 72.3 Å². The van der Waals surface area contributed by atoms with E-state index in [4.69, 9.17) is 11.5 Å². The van der Waals surface area contributed by atoms with Crippen LogP contribution in [-0.4, -0.2) is 5.11 Å². The third kappa shape index (κ3) is 2.67. The van der Waals surface area contributed by atoms with Crippen molar-refractivity contribution in [3.05, 3.63) is 72.3 Å². The summed E-state index contributed by atoms with van der Waals surface area (Å²) in [6, 6.07) is 21.2. The van der Waals surface area contributed by atoms with Gasteiger partial charge in [0, 0.05) is 17.8 Å². The highest BCUT2D eigenvalue weighted by atomic mass is 16.3. The lowest BCUT2D eigenvalue weighted by Gasteiger charge is -2.15. The molecule has 0 fully saturated rings. The number of rotatable bonds is 3. The zero-order valence-corrected chi connectivity index (χ0v) is 12.2. The zero-order valence-electron chi connectivity index (χ0n) is 12.2. The van der Waals surface area contributed by atoms with Gasteiger partial charge in [0.25, 0.3) is 0 Å². The Bertz CT molecular complexity index is 781. The van der Waals surface area contributed by atoms with Crippen LogP contribution in [0.1, 0.15) is 5.56 Å². The molecule has 0 spiro atoms. The van der Waals surface area contributed by atoms with E-state index in [1.165, 1.54) is 0 Å². The summed E-state index contributed by atoms with van der Waals surface area (Å²) < 4.78 is 0.